The average molecular weight is 332 g/mol. The van der Waals surface area contributed by atoms with E-state index in [-0.39, 0.29) is 17.8 Å². The van der Waals surface area contributed by atoms with Gasteiger partial charge < -0.3 is 20.5 Å². The number of nitrogens with one attached hydrogen (secondary N) is 2. The van der Waals surface area contributed by atoms with Crippen LogP contribution in [0.15, 0.2) is 24.3 Å². The molecule has 0 aliphatic heterocycles. The number of rotatable bonds is 5. The summed E-state index contributed by atoms with van der Waals surface area (Å²) >= 11 is 0. The minimum atomic E-state index is -4.39. The van der Waals surface area contributed by atoms with Crippen LogP contribution in [0.5, 0.6) is 5.75 Å². The second-order valence-corrected chi connectivity index (χ2v) is 5.52. The normalized spacial score (nSPS) is 21.0. The molecular formula is C15H19F3N2O3. The SMILES string of the molecule is O=C(NCC1CCCC1O)Nc1ccc(OCC(F)(F)F)cc1. The third kappa shape index (κ3) is 5.97. The molecule has 0 radical (unpaired) electrons. The fourth-order valence-corrected chi connectivity index (χ4v) is 2.45. The van der Waals surface area contributed by atoms with Crippen molar-refractivity contribution < 1.29 is 27.8 Å². The molecule has 1 aliphatic rings. The fourth-order valence-electron chi connectivity index (χ4n) is 2.45. The molecule has 0 aromatic heterocycles. The smallest absolute Gasteiger partial charge is 0.422 e. The predicted molar refractivity (Wildman–Crippen MR) is 78.4 cm³/mol. The summed E-state index contributed by atoms with van der Waals surface area (Å²) in [5, 5.41) is 14.9. The maximum atomic E-state index is 12.0. The molecule has 5 nitrogen and oxygen atoms in total. The zero-order valence-electron chi connectivity index (χ0n) is 12.4. The summed E-state index contributed by atoms with van der Waals surface area (Å²) in [6.45, 7) is -0.968. The highest BCUT2D eigenvalue weighted by atomic mass is 19.4. The van der Waals surface area contributed by atoms with E-state index in [2.05, 4.69) is 15.4 Å². The molecule has 0 bridgehead atoms. The van der Waals surface area contributed by atoms with E-state index in [1.807, 2.05) is 0 Å². The molecule has 2 amide bonds. The third-order valence-electron chi connectivity index (χ3n) is 3.66. The first-order valence-corrected chi connectivity index (χ1v) is 7.36. The van der Waals surface area contributed by atoms with E-state index in [1.165, 1.54) is 24.3 Å². The average Bonchev–Trinajstić information content (AvgIpc) is 2.89. The first kappa shape index (κ1) is 17.4. The molecule has 2 atom stereocenters. The third-order valence-corrected chi connectivity index (χ3v) is 3.66. The molecule has 1 aromatic rings. The number of aliphatic hydroxyl groups excluding tert-OH is 1. The van der Waals surface area contributed by atoms with Crippen molar-refractivity contribution in [3.05, 3.63) is 24.3 Å². The number of ether oxygens (including phenoxy) is 1. The number of urea groups is 1. The van der Waals surface area contributed by atoms with Gasteiger partial charge in [-0.05, 0) is 37.1 Å². The Hall–Kier alpha value is -1.96. The maximum absolute atomic E-state index is 12.0. The molecule has 2 rings (SSSR count). The Labute approximate surface area is 131 Å². The van der Waals surface area contributed by atoms with Gasteiger partial charge in [0.1, 0.15) is 5.75 Å². The van der Waals surface area contributed by atoms with Crippen molar-refractivity contribution in [1.82, 2.24) is 5.32 Å². The molecule has 0 heterocycles. The summed E-state index contributed by atoms with van der Waals surface area (Å²) in [5.74, 6) is 0.140. The van der Waals surface area contributed by atoms with E-state index in [1.54, 1.807) is 0 Å². The Balaban J connectivity index is 1.75. The molecule has 1 fully saturated rings. The Kier molecular flexibility index (Phi) is 5.70. The van der Waals surface area contributed by atoms with Crippen LogP contribution in [0, 0.1) is 5.92 Å². The van der Waals surface area contributed by atoms with Gasteiger partial charge in [-0.15, -0.1) is 0 Å². The topological polar surface area (TPSA) is 70.6 Å². The van der Waals surface area contributed by atoms with Crippen LogP contribution in [0.2, 0.25) is 0 Å². The number of benzene rings is 1. The fraction of sp³-hybridized carbons (Fsp3) is 0.533. The van der Waals surface area contributed by atoms with E-state index < -0.39 is 18.8 Å². The Morgan fingerprint density at radius 2 is 1.96 bits per heavy atom. The van der Waals surface area contributed by atoms with Crippen LogP contribution in [-0.4, -0.2) is 36.6 Å². The molecule has 1 aromatic carbocycles. The van der Waals surface area contributed by atoms with Crippen LogP contribution < -0.4 is 15.4 Å². The lowest BCUT2D eigenvalue weighted by atomic mass is 10.1. The van der Waals surface area contributed by atoms with Gasteiger partial charge in [-0.2, -0.15) is 13.2 Å². The van der Waals surface area contributed by atoms with Crippen molar-refractivity contribution in [3.8, 4) is 5.75 Å². The number of carbonyl (C=O) groups is 1. The van der Waals surface area contributed by atoms with Gasteiger partial charge in [0.05, 0.1) is 6.10 Å². The molecule has 3 N–H and O–H groups in total. The maximum Gasteiger partial charge on any atom is 0.422 e. The van der Waals surface area contributed by atoms with Gasteiger partial charge in [0.15, 0.2) is 6.61 Å². The Morgan fingerprint density at radius 1 is 1.26 bits per heavy atom. The lowest BCUT2D eigenvalue weighted by Gasteiger charge is -2.15. The highest BCUT2D eigenvalue weighted by Gasteiger charge is 2.28. The summed E-state index contributed by atoms with van der Waals surface area (Å²) in [4.78, 5) is 11.7. The molecule has 8 heteroatoms. The van der Waals surface area contributed by atoms with Crippen molar-refractivity contribution in [3.63, 3.8) is 0 Å². The number of anilines is 1. The quantitative estimate of drug-likeness (QED) is 0.776. The van der Waals surface area contributed by atoms with Crippen molar-refractivity contribution in [2.24, 2.45) is 5.92 Å². The highest BCUT2D eigenvalue weighted by Crippen LogP contribution is 2.24. The van der Waals surface area contributed by atoms with Gasteiger partial charge in [0.25, 0.3) is 0 Å². The summed E-state index contributed by atoms with van der Waals surface area (Å²) in [6, 6.07) is 5.18. The standard InChI is InChI=1S/C15H19F3N2O3/c16-15(17,18)9-23-12-6-4-11(5-7-12)20-14(22)19-8-10-2-1-3-13(10)21/h4-7,10,13,21H,1-3,8-9H2,(H2,19,20,22). The van der Waals surface area contributed by atoms with E-state index >= 15 is 0 Å². The molecular weight excluding hydrogens is 313 g/mol. The van der Waals surface area contributed by atoms with Crippen molar-refractivity contribution in [1.29, 1.82) is 0 Å². The van der Waals surface area contributed by atoms with Gasteiger partial charge in [0, 0.05) is 18.2 Å². The zero-order valence-corrected chi connectivity index (χ0v) is 12.4. The summed E-state index contributed by atoms with van der Waals surface area (Å²) < 4.78 is 40.7. The molecule has 23 heavy (non-hydrogen) atoms. The second kappa shape index (κ2) is 7.54. The van der Waals surface area contributed by atoms with Crippen LogP contribution >= 0.6 is 0 Å². The number of hydrogen-bond donors (Lipinski definition) is 3. The van der Waals surface area contributed by atoms with Crippen molar-refractivity contribution >= 4 is 11.7 Å². The Bertz CT molecular complexity index is 520. The summed E-state index contributed by atoms with van der Waals surface area (Å²) in [7, 11) is 0. The molecule has 1 aliphatic carbocycles. The van der Waals surface area contributed by atoms with Crippen LogP contribution in [0.3, 0.4) is 0 Å². The number of hydrogen-bond acceptors (Lipinski definition) is 3. The largest absolute Gasteiger partial charge is 0.484 e. The number of amides is 2. The minimum absolute atomic E-state index is 0.0684. The molecule has 1 saturated carbocycles. The van der Waals surface area contributed by atoms with Gasteiger partial charge in [0.2, 0.25) is 0 Å². The monoisotopic (exact) mass is 332 g/mol. The van der Waals surface area contributed by atoms with Crippen LogP contribution in [-0.2, 0) is 0 Å². The second-order valence-electron chi connectivity index (χ2n) is 5.52. The summed E-state index contributed by atoms with van der Waals surface area (Å²) in [6.07, 6.45) is -2.17. The Morgan fingerprint density at radius 3 is 2.52 bits per heavy atom. The van der Waals surface area contributed by atoms with E-state index in [0.29, 0.717) is 12.2 Å². The number of aliphatic hydroxyl groups is 1. The molecule has 128 valence electrons. The molecule has 0 spiro atoms. The lowest BCUT2D eigenvalue weighted by Crippen LogP contribution is -2.35. The molecule has 2 unspecified atom stereocenters. The minimum Gasteiger partial charge on any atom is -0.484 e. The van der Waals surface area contributed by atoms with E-state index in [0.717, 1.165) is 19.3 Å². The van der Waals surface area contributed by atoms with Crippen LogP contribution in [0.25, 0.3) is 0 Å². The number of carbonyl (C=O) groups excluding carboxylic acids is 1. The van der Waals surface area contributed by atoms with E-state index in [9.17, 15) is 23.1 Å². The first-order valence-electron chi connectivity index (χ1n) is 7.36. The zero-order chi connectivity index (χ0) is 16.9. The summed E-state index contributed by atoms with van der Waals surface area (Å²) in [5.41, 5.74) is 0.439. The lowest BCUT2D eigenvalue weighted by molar-refractivity contribution is -0.153. The van der Waals surface area contributed by atoms with E-state index in [4.69, 9.17) is 0 Å². The van der Waals surface area contributed by atoms with Crippen molar-refractivity contribution in [2.75, 3.05) is 18.5 Å². The highest BCUT2D eigenvalue weighted by molar-refractivity contribution is 5.89. The number of halogens is 3. The first-order chi connectivity index (χ1) is 10.8. The van der Waals surface area contributed by atoms with Gasteiger partial charge in [-0.25, -0.2) is 4.79 Å². The van der Waals surface area contributed by atoms with Crippen molar-refractivity contribution in [2.45, 2.75) is 31.5 Å². The molecule has 0 saturated heterocycles. The van der Waals surface area contributed by atoms with Gasteiger partial charge in [-0.3, -0.25) is 0 Å². The van der Waals surface area contributed by atoms with Gasteiger partial charge in [-0.1, -0.05) is 6.42 Å². The number of alkyl halides is 3. The van der Waals surface area contributed by atoms with Gasteiger partial charge >= 0.3 is 12.2 Å². The predicted octanol–water partition coefficient (Wildman–Crippen LogP) is 2.91. The van der Waals surface area contributed by atoms with Crippen LogP contribution in [0.4, 0.5) is 23.7 Å². The van der Waals surface area contributed by atoms with Crippen LogP contribution in [0.1, 0.15) is 19.3 Å².